The minimum atomic E-state index is -0.885. The number of carboxylic acids is 1. The van der Waals surface area contributed by atoms with Crippen molar-refractivity contribution in [2.75, 3.05) is 18.8 Å². The SMILES string of the molecule is Cl.NC(N)=NCCSNCC(=O)O. The van der Waals surface area contributed by atoms with Crippen molar-refractivity contribution in [3.8, 4) is 0 Å². The van der Waals surface area contributed by atoms with Crippen LogP contribution >= 0.6 is 24.4 Å². The van der Waals surface area contributed by atoms with E-state index in [-0.39, 0.29) is 24.9 Å². The highest BCUT2D eigenvalue weighted by Crippen LogP contribution is 1.90. The van der Waals surface area contributed by atoms with Crippen molar-refractivity contribution in [1.82, 2.24) is 4.72 Å². The molecular weight excluding hydrogens is 216 g/mol. The van der Waals surface area contributed by atoms with Gasteiger partial charge in [-0.3, -0.25) is 14.5 Å². The molecule has 8 heteroatoms. The number of guanidine groups is 1. The maximum Gasteiger partial charge on any atom is 0.318 e. The zero-order valence-corrected chi connectivity index (χ0v) is 8.53. The van der Waals surface area contributed by atoms with E-state index in [0.717, 1.165) is 0 Å². The lowest BCUT2D eigenvalue weighted by Crippen LogP contribution is -2.23. The van der Waals surface area contributed by atoms with Crippen molar-refractivity contribution < 1.29 is 9.90 Å². The van der Waals surface area contributed by atoms with Gasteiger partial charge in [0.25, 0.3) is 0 Å². The van der Waals surface area contributed by atoms with Gasteiger partial charge in [-0.25, -0.2) is 0 Å². The summed E-state index contributed by atoms with van der Waals surface area (Å²) in [5.41, 5.74) is 10.1. The number of rotatable bonds is 6. The molecule has 0 amide bonds. The maximum atomic E-state index is 10.00. The number of hydrogen-bond acceptors (Lipinski definition) is 4. The normalized spacial score (nSPS) is 8.62. The Kier molecular flexibility index (Phi) is 10.8. The molecule has 0 aromatic rings. The summed E-state index contributed by atoms with van der Waals surface area (Å²) in [6.45, 7) is 0.423. The van der Waals surface area contributed by atoms with E-state index in [4.69, 9.17) is 16.6 Å². The summed E-state index contributed by atoms with van der Waals surface area (Å²) in [4.78, 5) is 13.7. The smallest absolute Gasteiger partial charge is 0.318 e. The number of aliphatic imine (C=N–C) groups is 1. The molecule has 0 aliphatic rings. The molecule has 0 fully saturated rings. The molecule has 0 saturated heterocycles. The van der Waals surface area contributed by atoms with Crippen molar-refractivity contribution in [3.05, 3.63) is 0 Å². The maximum absolute atomic E-state index is 10.00. The van der Waals surface area contributed by atoms with E-state index in [1.165, 1.54) is 11.9 Å². The Bertz CT molecular complexity index is 174. The van der Waals surface area contributed by atoms with Gasteiger partial charge in [0.15, 0.2) is 5.96 Å². The lowest BCUT2D eigenvalue weighted by atomic mass is 10.7. The fourth-order valence-electron chi connectivity index (χ4n) is 0.405. The minimum Gasteiger partial charge on any atom is -0.480 e. The van der Waals surface area contributed by atoms with Crippen LogP contribution in [0, 0.1) is 0 Å². The fraction of sp³-hybridized carbons (Fsp3) is 0.600. The number of nitrogens with zero attached hydrogens (tertiary/aromatic N) is 1. The van der Waals surface area contributed by atoms with Crippen LogP contribution in [0.4, 0.5) is 0 Å². The zero-order chi connectivity index (χ0) is 9.40. The minimum absolute atomic E-state index is 0. The Morgan fingerprint density at radius 2 is 2.15 bits per heavy atom. The van der Waals surface area contributed by atoms with Crippen LogP contribution in [-0.2, 0) is 4.79 Å². The van der Waals surface area contributed by atoms with Crippen molar-refractivity contribution in [1.29, 1.82) is 0 Å². The third kappa shape index (κ3) is 14.2. The number of carbonyl (C=O) groups is 1. The topological polar surface area (TPSA) is 114 Å². The van der Waals surface area contributed by atoms with Crippen molar-refractivity contribution in [2.45, 2.75) is 0 Å². The highest BCUT2D eigenvalue weighted by atomic mass is 35.5. The number of carboxylic acid groups (broad SMARTS) is 1. The van der Waals surface area contributed by atoms with Crippen molar-refractivity contribution in [3.63, 3.8) is 0 Å². The van der Waals surface area contributed by atoms with Crippen molar-refractivity contribution >= 4 is 36.3 Å². The summed E-state index contributed by atoms with van der Waals surface area (Å²) in [5, 5.41) is 8.21. The predicted molar refractivity (Wildman–Crippen MR) is 56.0 cm³/mol. The van der Waals surface area contributed by atoms with Gasteiger partial charge >= 0.3 is 5.97 Å². The Balaban J connectivity index is 0. The van der Waals surface area contributed by atoms with Gasteiger partial charge in [0.1, 0.15) is 6.54 Å². The molecule has 6 N–H and O–H groups in total. The highest BCUT2D eigenvalue weighted by Gasteiger charge is 1.93. The third-order valence-electron chi connectivity index (χ3n) is 0.813. The Labute approximate surface area is 86.7 Å². The molecule has 0 saturated carbocycles. The quantitative estimate of drug-likeness (QED) is 0.201. The molecule has 0 rings (SSSR count). The number of nitrogens with one attached hydrogen (secondary N) is 1. The number of halogens is 1. The van der Waals surface area contributed by atoms with Gasteiger partial charge in [-0.15, -0.1) is 12.4 Å². The first-order chi connectivity index (χ1) is 5.63. The summed E-state index contributed by atoms with van der Waals surface area (Å²) in [5.74, 6) is -0.191. The van der Waals surface area contributed by atoms with Gasteiger partial charge in [0.2, 0.25) is 0 Å². The van der Waals surface area contributed by atoms with Gasteiger partial charge in [0.05, 0.1) is 6.54 Å². The average Bonchev–Trinajstić information content (AvgIpc) is 1.95. The van der Waals surface area contributed by atoms with E-state index in [1.807, 2.05) is 0 Å². The lowest BCUT2D eigenvalue weighted by molar-refractivity contribution is -0.135. The van der Waals surface area contributed by atoms with Crippen LogP contribution in [0.25, 0.3) is 0 Å². The van der Waals surface area contributed by atoms with Gasteiger partial charge in [-0.05, 0) is 0 Å². The van der Waals surface area contributed by atoms with Crippen LogP contribution < -0.4 is 16.2 Å². The first-order valence-corrected chi connectivity index (χ1v) is 4.23. The summed E-state index contributed by atoms with van der Waals surface area (Å²) in [6.07, 6.45) is 0. The van der Waals surface area contributed by atoms with E-state index in [9.17, 15) is 4.79 Å². The molecule has 0 aliphatic heterocycles. The molecule has 0 aromatic carbocycles. The second-order valence-corrected chi connectivity index (χ2v) is 2.86. The van der Waals surface area contributed by atoms with Crippen LogP contribution in [0.2, 0.25) is 0 Å². The zero-order valence-electron chi connectivity index (χ0n) is 6.90. The molecule has 0 spiro atoms. The molecule has 0 unspecified atom stereocenters. The van der Waals surface area contributed by atoms with Crippen LogP contribution in [-0.4, -0.2) is 35.9 Å². The lowest BCUT2D eigenvalue weighted by Gasteiger charge is -1.97. The summed E-state index contributed by atoms with van der Waals surface area (Å²) in [7, 11) is 0. The van der Waals surface area contributed by atoms with Gasteiger partial charge in [-0.1, -0.05) is 11.9 Å². The van der Waals surface area contributed by atoms with Crippen LogP contribution in [0.1, 0.15) is 0 Å². The van der Waals surface area contributed by atoms with E-state index < -0.39 is 5.97 Å². The monoisotopic (exact) mass is 228 g/mol. The standard InChI is InChI=1S/C5H12N4O2S.ClH/c6-5(7)8-1-2-12-9-3-4(10)11;/h9H,1-3H2,(H,10,11)(H4,6,7,8);1H. The Morgan fingerprint density at radius 3 is 2.62 bits per heavy atom. The molecule has 78 valence electrons. The molecule has 0 aliphatic carbocycles. The second-order valence-electron chi connectivity index (χ2n) is 1.87. The number of nitrogens with two attached hydrogens (primary N) is 2. The molecule has 13 heavy (non-hydrogen) atoms. The first kappa shape index (κ1) is 14.8. The van der Waals surface area contributed by atoms with Crippen LogP contribution in [0.5, 0.6) is 0 Å². The number of hydrogen-bond donors (Lipinski definition) is 4. The van der Waals surface area contributed by atoms with E-state index in [1.54, 1.807) is 0 Å². The molecule has 0 bridgehead atoms. The Morgan fingerprint density at radius 1 is 1.54 bits per heavy atom. The predicted octanol–water partition coefficient (Wildman–Crippen LogP) is -0.996. The summed E-state index contributed by atoms with van der Waals surface area (Å²) in [6, 6.07) is 0. The van der Waals surface area contributed by atoms with Crippen molar-refractivity contribution in [2.24, 2.45) is 16.5 Å². The molecule has 0 atom stereocenters. The van der Waals surface area contributed by atoms with Gasteiger partial charge in [0, 0.05) is 5.75 Å². The van der Waals surface area contributed by atoms with E-state index >= 15 is 0 Å². The van der Waals surface area contributed by atoms with E-state index in [2.05, 4.69) is 9.71 Å². The summed E-state index contributed by atoms with van der Waals surface area (Å²) >= 11 is 1.27. The van der Waals surface area contributed by atoms with Crippen LogP contribution in [0.3, 0.4) is 0 Å². The largest absolute Gasteiger partial charge is 0.480 e. The number of aliphatic carboxylic acids is 1. The van der Waals surface area contributed by atoms with Crippen LogP contribution in [0.15, 0.2) is 4.99 Å². The average molecular weight is 229 g/mol. The highest BCUT2D eigenvalue weighted by molar-refractivity contribution is 7.97. The van der Waals surface area contributed by atoms with E-state index in [0.29, 0.717) is 12.3 Å². The molecule has 0 heterocycles. The Hall–Kier alpha value is -0.660. The molecule has 0 radical (unpaired) electrons. The molecule has 6 nitrogen and oxygen atoms in total. The second kappa shape index (κ2) is 9.43. The van der Waals surface area contributed by atoms with Gasteiger partial charge in [-0.2, -0.15) is 0 Å². The first-order valence-electron chi connectivity index (χ1n) is 3.24. The van der Waals surface area contributed by atoms with Gasteiger partial charge < -0.3 is 16.6 Å². The fourth-order valence-corrected chi connectivity index (χ4v) is 0.958. The molecular formula is C5H13ClN4O2S. The third-order valence-corrected chi connectivity index (χ3v) is 1.55. The molecule has 0 aromatic heterocycles. The summed E-state index contributed by atoms with van der Waals surface area (Å²) < 4.78 is 2.62.